The largest absolute Gasteiger partial charge is 0.481 e. The van der Waals surface area contributed by atoms with Crippen molar-refractivity contribution in [3.8, 4) is 17.0 Å². The van der Waals surface area contributed by atoms with Gasteiger partial charge in [-0.2, -0.15) is 0 Å². The lowest BCUT2D eigenvalue weighted by Gasteiger charge is -2.06. The second-order valence-electron chi connectivity index (χ2n) is 4.66. The van der Waals surface area contributed by atoms with Crippen LogP contribution in [0.25, 0.3) is 32.5 Å². The van der Waals surface area contributed by atoms with Gasteiger partial charge in [-0.15, -0.1) is 15.2 Å². The minimum atomic E-state index is 0.0620. The van der Waals surface area contributed by atoms with Crippen molar-refractivity contribution >= 4 is 56.7 Å². The first-order valence-corrected chi connectivity index (χ1v) is 8.39. The number of nitrogens with zero attached hydrogens (tertiary/aromatic N) is 4. The molecule has 4 aromatic heterocycles. The van der Waals surface area contributed by atoms with Crippen molar-refractivity contribution < 1.29 is 8.62 Å². The van der Waals surface area contributed by atoms with Gasteiger partial charge in [-0.05, 0) is 18.2 Å². The molecule has 5 nitrogen and oxygen atoms in total. The van der Waals surface area contributed by atoms with Crippen molar-refractivity contribution in [3.63, 3.8) is 0 Å². The van der Waals surface area contributed by atoms with E-state index in [1.54, 1.807) is 30.9 Å². The second-order valence-corrected chi connectivity index (χ2v) is 6.42. The predicted octanol–water partition coefficient (Wildman–Crippen LogP) is 4.75. The molecule has 0 aliphatic rings. The molecule has 0 unspecified atom stereocenters. The Morgan fingerprint density at radius 1 is 1.30 bits per heavy atom. The summed E-state index contributed by atoms with van der Waals surface area (Å²) in [6, 6.07) is 5.35. The lowest BCUT2D eigenvalue weighted by Crippen LogP contribution is -1.91. The zero-order valence-electron chi connectivity index (χ0n) is 11.7. The van der Waals surface area contributed by atoms with E-state index in [1.165, 1.54) is 15.3 Å². The molecular formula is C14H8ClFN4OS2. The lowest BCUT2D eigenvalue weighted by molar-refractivity contribution is 0.401. The summed E-state index contributed by atoms with van der Waals surface area (Å²) >= 11 is 7.42. The van der Waals surface area contributed by atoms with E-state index < -0.39 is 0 Å². The van der Waals surface area contributed by atoms with Crippen LogP contribution in [0.4, 0.5) is 3.89 Å². The van der Waals surface area contributed by atoms with E-state index in [9.17, 15) is 3.89 Å². The molecule has 23 heavy (non-hydrogen) atoms. The Morgan fingerprint density at radius 3 is 2.96 bits per heavy atom. The highest BCUT2D eigenvalue weighted by atomic mass is 35.5. The van der Waals surface area contributed by atoms with E-state index in [4.69, 9.17) is 16.3 Å². The molecule has 0 fully saturated rings. The quantitative estimate of drug-likeness (QED) is 0.490. The number of rotatable bonds is 3. The van der Waals surface area contributed by atoms with Gasteiger partial charge in [-0.25, -0.2) is 18.9 Å². The number of halogens is 2. The topological polar surface area (TPSA) is 52.8 Å². The van der Waals surface area contributed by atoms with Crippen LogP contribution < -0.4 is 4.74 Å². The van der Waals surface area contributed by atoms with Crippen LogP contribution in [0, 0.1) is 0 Å². The van der Waals surface area contributed by atoms with Crippen molar-refractivity contribution in [2.24, 2.45) is 0 Å². The van der Waals surface area contributed by atoms with Crippen LogP contribution >= 0.6 is 35.3 Å². The first-order valence-electron chi connectivity index (χ1n) is 6.46. The number of aromatic nitrogens is 4. The summed E-state index contributed by atoms with van der Waals surface area (Å²) in [4.78, 5) is 13.7. The Kier molecular flexibility index (Phi) is 3.59. The van der Waals surface area contributed by atoms with Crippen LogP contribution in [0.1, 0.15) is 0 Å². The maximum absolute atomic E-state index is 13.2. The Bertz CT molecular complexity index is 1030. The fourth-order valence-electron chi connectivity index (χ4n) is 2.45. The van der Waals surface area contributed by atoms with Crippen molar-refractivity contribution in [2.45, 2.75) is 0 Å². The van der Waals surface area contributed by atoms with Gasteiger partial charge in [0, 0.05) is 22.7 Å². The van der Waals surface area contributed by atoms with Gasteiger partial charge in [-0.3, -0.25) is 0 Å². The third kappa shape index (κ3) is 2.34. The van der Waals surface area contributed by atoms with Crippen molar-refractivity contribution in [1.82, 2.24) is 18.9 Å². The molecule has 0 saturated heterocycles. The average molecular weight is 367 g/mol. The normalized spacial score (nSPS) is 11.4. The van der Waals surface area contributed by atoms with Crippen LogP contribution in [-0.4, -0.2) is 26.0 Å². The van der Waals surface area contributed by atoms with Crippen molar-refractivity contribution in [3.05, 3.63) is 35.1 Å². The van der Waals surface area contributed by atoms with E-state index in [2.05, 4.69) is 15.0 Å². The Balaban J connectivity index is 2.05. The lowest BCUT2D eigenvalue weighted by atomic mass is 10.1. The molecule has 0 bridgehead atoms. The molecule has 0 N–H and O–H groups in total. The molecule has 0 amide bonds. The minimum Gasteiger partial charge on any atom is -0.481 e. The summed E-state index contributed by atoms with van der Waals surface area (Å²) < 4.78 is 20.0. The molecule has 0 aliphatic carbocycles. The van der Waals surface area contributed by atoms with Gasteiger partial charge in [0.2, 0.25) is 5.88 Å². The van der Waals surface area contributed by atoms with E-state index in [0.717, 1.165) is 26.9 Å². The van der Waals surface area contributed by atoms with Crippen LogP contribution in [-0.2, 0) is 0 Å². The first-order chi connectivity index (χ1) is 11.2. The highest BCUT2D eigenvalue weighted by Crippen LogP contribution is 2.38. The van der Waals surface area contributed by atoms with Gasteiger partial charge in [0.15, 0.2) is 18.0 Å². The maximum Gasteiger partial charge on any atom is 0.222 e. The molecule has 0 saturated carbocycles. The van der Waals surface area contributed by atoms with Gasteiger partial charge < -0.3 is 4.74 Å². The standard InChI is InChI=1S/C14H8ClFN4OS2/c1-21-13-8(4-10-14(19-13)22-6-17-10)9-5-20(23-16)12-7(9)2-3-11(15)18-12/h2-6H,1H3. The molecule has 0 radical (unpaired) electrons. The fraction of sp³-hybridized carbons (Fsp3) is 0.0714. The molecule has 116 valence electrons. The highest BCUT2D eigenvalue weighted by Gasteiger charge is 2.18. The number of pyridine rings is 2. The second kappa shape index (κ2) is 5.63. The van der Waals surface area contributed by atoms with Gasteiger partial charge >= 0.3 is 0 Å². The smallest absolute Gasteiger partial charge is 0.222 e. The first kappa shape index (κ1) is 14.7. The summed E-state index contributed by atoms with van der Waals surface area (Å²) in [5.74, 6) is 0.458. The van der Waals surface area contributed by atoms with Crippen LogP contribution in [0.5, 0.6) is 5.88 Å². The van der Waals surface area contributed by atoms with Crippen LogP contribution in [0.15, 0.2) is 29.9 Å². The predicted molar refractivity (Wildman–Crippen MR) is 91.8 cm³/mol. The zero-order valence-corrected chi connectivity index (χ0v) is 14.0. The average Bonchev–Trinajstić information content (AvgIpc) is 3.16. The summed E-state index contributed by atoms with van der Waals surface area (Å²) in [5.41, 5.74) is 4.42. The summed E-state index contributed by atoms with van der Waals surface area (Å²) in [7, 11) is 1.55. The SMILES string of the molecule is COc1nc2scnc2cc1-c1cn(SF)c2nc(Cl)ccc12. The molecule has 9 heteroatoms. The number of hydrogen-bond acceptors (Lipinski definition) is 6. The molecule has 4 aromatic rings. The molecular weight excluding hydrogens is 359 g/mol. The number of thiazole rings is 1. The molecule has 4 heterocycles. The van der Waals surface area contributed by atoms with E-state index in [1.807, 2.05) is 6.07 Å². The Hall–Kier alpha value is -1.90. The van der Waals surface area contributed by atoms with Gasteiger partial charge in [0.05, 0.1) is 12.6 Å². The monoisotopic (exact) mass is 366 g/mol. The van der Waals surface area contributed by atoms with E-state index in [0.29, 0.717) is 16.7 Å². The maximum atomic E-state index is 13.2. The molecule has 0 atom stereocenters. The van der Waals surface area contributed by atoms with E-state index in [-0.39, 0.29) is 12.3 Å². The van der Waals surface area contributed by atoms with Crippen molar-refractivity contribution in [1.29, 1.82) is 0 Å². The third-order valence-electron chi connectivity index (χ3n) is 3.43. The van der Waals surface area contributed by atoms with Gasteiger partial charge in [0.1, 0.15) is 15.5 Å². The fourth-order valence-corrected chi connectivity index (χ4v) is 3.58. The molecule has 0 aliphatic heterocycles. The summed E-state index contributed by atoms with van der Waals surface area (Å²) in [5, 5.41) is 1.06. The van der Waals surface area contributed by atoms with Crippen LogP contribution in [0.3, 0.4) is 0 Å². The van der Waals surface area contributed by atoms with E-state index >= 15 is 0 Å². The third-order valence-corrected chi connectivity index (χ3v) is 4.81. The van der Waals surface area contributed by atoms with Gasteiger partial charge in [-0.1, -0.05) is 11.6 Å². The summed E-state index contributed by atoms with van der Waals surface area (Å²) in [6.07, 6.45) is 1.65. The molecule has 0 spiro atoms. The number of fused-ring (bicyclic) bond motifs is 2. The number of ether oxygens (including phenoxy) is 1. The summed E-state index contributed by atoms with van der Waals surface area (Å²) in [6.45, 7) is 0. The Morgan fingerprint density at radius 2 is 2.17 bits per heavy atom. The van der Waals surface area contributed by atoms with Crippen molar-refractivity contribution in [2.75, 3.05) is 7.11 Å². The number of hydrogen-bond donors (Lipinski definition) is 0. The highest BCUT2D eigenvalue weighted by molar-refractivity contribution is 7.92. The molecule has 0 aromatic carbocycles. The van der Waals surface area contributed by atoms with Gasteiger partial charge in [0.25, 0.3) is 0 Å². The minimum absolute atomic E-state index is 0.0620. The van der Waals surface area contributed by atoms with Crippen LogP contribution in [0.2, 0.25) is 5.15 Å². The zero-order chi connectivity index (χ0) is 16.0. The Labute approximate surface area is 143 Å². The molecule has 4 rings (SSSR count). The number of methoxy groups -OCH3 is 1.